The SMILES string of the molecule is CC1(C)c2ccccc2-c2ccc(-c3c4ccccc4c(-c4cc(-c5ccccc5)nc(-c5ccccc5)c4)c4ccccc34)cc21. The van der Waals surface area contributed by atoms with E-state index in [0.29, 0.717) is 0 Å². The molecule has 1 heterocycles. The Hall–Kier alpha value is -5.79. The molecule has 222 valence electrons. The summed E-state index contributed by atoms with van der Waals surface area (Å²) in [5.74, 6) is 0. The Bertz CT molecular complexity index is 2360. The van der Waals surface area contributed by atoms with Crippen molar-refractivity contribution in [3.63, 3.8) is 0 Å². The molecule has 1 nitrogen and oxygen atoms in total. The van der Waals surface area contributed by atoms with Gasteiger partial charge in [-0.3, -0.25) is 0 Å². The number of rotatable bonds is 4. The second-order valence-corrected chi connectivity index (χ2v) is 13.1. The lowest BCUT2D eigenvalue weighted by atomic mass is 9.80. The van der Waals surface area contributed by atoms with E-state index in [9.17, 15) is 0 Å². The average molecular weight is 600 g/mol. The van der Waals surface area contributed by atoms with Gasteiger partial charge in [0.05, 0.1) is 11.4 Å². The van der Waals surface area contributed by atoms with Crippen LogP contribution in [0.1, 0.15) is 25.0 Å². The Morgan fingerprint density at radius 2 is 0.809 bits per heavy atom. The number of aromatic nitrogens is 1. The second-order valence-electron chi connectivity index (χ2n) is 13.1. The van der Waals surface area contributed by atoms with Crippen LogP contribution in [0, 0.1) is 0 Å². The van der Waals surface area contributed by atoms with Crippen molar-refractivity contribution < 1.29 is 0 Å². The molecule has 0 radical (unpaired) electrons. The molecule has 9 rings (SSSR count). The summed E-state index contributed by atoms with van der Waals surface area (Å²) in [6, 6.07) is 59.5. The van der Waals surface area contributed by atoms with E-state index < -0.39 is 0 Å². The van der Waals surface area contributed by atoms with Crippen molar-refractivity contribution in [1.29, 1.82) is 0 Å². The van der Waals surface area contributed by atoms with E-state index in [1.165, 1.54) is 66.1 Å². The third-order valence-corrected chi connectivity index (χ3v) is 10.1. The first-order valence-corrected chi connectivity index (χ1v) is 16.4. The molecule has 0 unspecified atom stereocenters. The maximum Gasteiger partial charge on any atom is 0.0715 e. The first-order valence-electron chi connectivity index (χ1n) is 16.4. The summed E-state index contributed by atoms with van der Waals surface area (Å²) in [4.78, 5) is 5.19. The van der Waals surface area contributed by atoms with Crippen LogP contribution in [0.5, 0.6) is 0 Å². The normalized spacial score (nSPS) is 13.1. The molecule has 1 aliphatic carbocycles. The molecule has 0 aliphatic heterocycles. The van der Waals surface area contributed by atoms with Gasteiger partial charge >= 0.3 is 0 Å². The monoisotopic (exact) mass is 599 g/mol. The summed E-state index contributed by atoms with van der Waals surface area (Å²) in [5.41, 5.74) is 14.5. The van der Waals surface area contributed by atoms with Gasteiger partial charge in [-0.05, 0) is 84.3 Å². The van der Waals surface area contributed by atoms with Gasteiger partial charge in [0.1, 0.15) is 0 Å². The van der Waals surface area contributed by atoms with E-state index >= 15 is 0 Å². The van der Waals surface area contributed by atoms with E-state index in [4.69, 9.17) is 4.98 Å². The van der Waals surface area contributed by atoms with Gasteiger partial charge in [0.15, 0.2) is 0 Å². The van der Waals surface area contributed by atoms with Crippen LogP contribution in [0.3, 0.4) is 0 Å². The maximum absolute atomic E-state index is 5.19. The summed E-state index contributed by atoms with van der Waals surface area (Å²) < 4.78 is 0. The zero-order valence-electron chi connectivity index (χ0n) is 26.5. The molecule has 0 N–H and O–H groups in total. The number of hydrogen-bond donors (Lipinski definition) is 0. The van der Waals surface area contributed by atoms with Gasteiger partial charge in [0.25, 0.3) is 0 Å². The molecule has 0 saturated carbocycles. The van der Waals surface area contributed by atoms with E-state index in [-0.39, 0.29) is 5.41 Å². The van der Waals surface area contributed by atoms with Crippen molar-refractivity contribution in [3.05, 3.63) is 175 Å². The predicted octanol–water partition coefficient (Wildman–Crippen LogP) is 12.4. The standard InChI is InChI=1S/C46H33N/c1-46(2)40-24-14-13-19-34(40)35-26-25-32(27-41(35)46)44-36-20-9-11-22-38(36)45(39-23-12-10-21-37(39)44)33-28-42(30-15-5-3-6-16-30)47-43(29-33)31-17-7-4-8-18-31/h3-29H,1-2H3. The number of fused-ring (bicyclic) bond motifs is 5. The topological polar surface area (TPSA) is 12.9 Å². The van der Waals surface area contributed by atoms with Crippen LogP contribution in [0.15, 0.2) is 164 Å². The van der Waals surface area contributed by atoms with Crippen LogP contribution in [0.25, 0.3) is 77.4 Å². The van der Waals surface area contributed by atoms with Crippen LogP contribution in [-0.4, -0.2) is 4.98 Å². The summed E-state index contributed by atoms with van der Waals surface area (Å²) >= 11 is 0. The Kier molecular flexibility index (Phi) is 6.23. The molecule has 1 heteroatoms. The zero-order chi connectivity index (χ0) is 31.5. The number of pyridine rings is 1. The molecule has 47 heavy (non-hydrogen) atoms. The van der Waals surface area contributed by atoms with E-state index in [1.807, 2.05) is 0 Å². The van der Waals surface area contributed by atoms with Crippen LogP contribution in [0.4, 0.5) is 0 Å². The van der Waals surface area contributed by atoms with Crippen molar-refractivity contribution in [3.8, 4) is 55.9 Å². The van der Waals surface area contributed by atoms with Crippen molar-refractivity contribution in [2.24, 2.45) is 0 Å². The fraction of sp³-hybridized carbons (Fsp3) is 0.0652. The molecule has 0 saturated heterocycles. The summed E-state index contributed by atoms with van der Waals surface area (Å²) in [6.07, 6.45) is 0. The minimum Gasteiger partial charge on any atom is -0.248 e. The van der Waals surface area contributed by atoms with Crippen LogP contribution in [-0.2, 0) is 5.41 Å². The zero-order valence-corrected chi connectivity index (χ0v) is 26.5. The average Bonchev–Trinajstić information content (AvgIpc) is 3.36. The van der Waals surface area contributed by atoms with E-state index in [2.05, 4.69) is 178 Å². The van der Waals surface area contributed by atoms with Crippen molar-refractivity contribution in [2.75, 3.05) is 0 Å². The first-order chi connectivity index (χ1) is 23.1. The molecule has 7 aromatic carbocycles. The lowest BCUT2D eigenvalue weighted by molar-refractivity contribution is 0.660. The minimum absolute atomic E-state index is 0.0633. The number of hydrogen-bond acceptors (Lipinski definition) is 1. The van der Waals surface area contributed by atoms with Gasteiger partial charge in [-0.2, -0.15) is 0 Å². The van der Waals surface area contributed by atoms with E-state index in [1.54, 1.807) is 0 Å². The number of nitrogens with zero attached hydrogens (tertiary/aromatic N) is 1. The van der Waals surface area contributed by atoms with Crippen LogP contribution >= 0.6 is 0 Å². The van der Waals surface area contributed by atoms with Gasteiger partial charge in [0, 0.05) is 16.5 Å². The van der Waals surface area contributed by atoms with Crippen molar-refractivity contribution in [1.82, 2.24) is 4.98 Å². The molecule has 0 spiro atoms. The molecule has 0 atom stereocenters. The van der Waals surface area contributed by atoms with Gasteiger partial charge in [-0.15, -0.1) is 0 Å². The van der Waals surface area contributed by atoms with Gasteiger partial charge in [0.2, 0.25) is 0 Å². The highest BCUT2D eigenvalue weighted by Crippen LogP contribution is 2.51. The molecule has 1 aliphatic rings. The second kappa shape index (κ2) is 10.6. The Labute approximate surface area is 275 Å². The molecule has 1 aromatic heterocycles. The predicted molar refractivity (Wildman–Crippen MR) is 199 cm³/mol. The lowest BCUT2D eigenvalue weighted by Gasteiger charge is -2.23. The molecule has 0 fully saturated rings. The van der Waals surface area contributed by atoms with Crippen LogP contribution < -0.4 is 0 Å². The van der Waals surface area contributed by atoms with Crippen molar-refractivity contribution in [2.45, 2.75) is 19.3 Å². The molecule has 8 aromatic rings. The third-order valence-electron chi connectivity index (χ3n) is 10.1. The Morgan fingerprint density at radius 1 is 0.362 bits per heavy atom. The first kappa shape index (κ1) is 27.5. The fourth-order valence-electron chi connectivity index (χ4n) is 7.80. The molecular weight excluding hydrogens is 567 g/mol. The number of benzene rings is 7. The fourth-order valence-corrected chi connectivity index (χ4v) is 7.80. The summed E-state index contributed by atoms with van der Waals surface area (Å²) in [7, 11) is 0. The van der Waals surface area contributed by atoms with E-state index in [0.717, 1.165) is 22.5 Å². The molecular formula is C46H33N. The van der Waals surface area contributed by atoms with Gasteiger partial charge in [-0.25, -0.2) is 4.98 Å². The smallest absolute Gasteiger partial charge is 0.0715 e. The largest absolute Gasteiger partial charge is 0.248 e. The minimum atomic E-state index is -0.0633. The summed E-state index contributed by atoms with van der Waals surface area (Å²) in [5, 5.41) is 5.00. The maximum atomic E-state index is 5.19. The van der Waals surface area contributed by atoms with Gasteiger partial charge in [-0.1, -0.05) is 159 Å². The van der Waals surface area contributed by atoms with Crippen molar-refractivity contribution >= 4 is 21.5 Å². The third kappa shape index (κ3) is 4.35. The molecule has 0 bridgehead atoms. The Balaban J connectivity index is 1.33. The Morgan fingerprint density at radius 3 is 1.36 bits per heavy atom. The summed E-state index contributed by atoms with van der Waals surface area (Å²) in [6.45, 7) is 4.72. The quantitative estimate of drug-likeness (QED) is 0.183. The molecule has 0 amide bonds. The lowest BCUT2D eigenvalue weighted by Crippen LogP contribution is -2.14. The highest BCUT2D eigenvalue weighted by Gasteiger charge is 2.35. The van der Waals surface area contributed by atoms with Gasteiger partial charge < -0.3 is 0 Å². The highest BCUT2D eigenvalue weighted by atomic mass is 14.7. The van der Waals surface area contributed by atoms with Crippen LogP contribution in [0.2, 0.25) is 0 Å². The highest BCUT2D eigenvalue weighted by molar-refractivity contribution is 6.21.